The van der Waals surface area contributed by atoms with Gasteiger partial charge in [-0.1, -0.05) is 29.7 Å². The molecule has 3 aromatic heterocycles. The average molecular weight is 340 g/mol. The maximum atomic E-state index is 5.46. The van der Waals surface area contributed by atoms with Gasteiger partial charge < -0.3 is 9.05 Å². The highest BCUT2D eigenvalue weighted by Gasteiger charge is 2.30. The Morgan fingerprint density at radius 1 is 1.16 bits per heavy atom. The van der Waals surface area contributed by atoms with Crippen molar-refractivity contribution in [1.82, 2.24) is 30.2 Å². The summed E-state index contributed by atoms with van der Waals surface area (Å²) in [7, 11) is 0. The summed E-state index contributed by atoms with van der Waals surface area (Å²) in [4.78, 5) is 15.5. The normalized spacial score (nSPS) is 18.5. The van der Waals surface area contributed by atoms with Gasteiger partial charge in [-0.05, 0) is 31.5 Å². The predicted molar refractivity (Wildman–Crippen MR) is 88.2 cm³/mol. The number of aromatic nitrogens is 5. The molecule has 0 aliphatic carbocycles. The molecule has 0 aromatic carbocycles. The lowest BCUT2D eigenvalue weighted by molar-refractivity contribution is 0.0986. The van der Waals surface area contributed by atoms with Crippen LogP contribution in [0.2, 0.25) is 0 Å². The van der Waals surface area contributed by atoms with E-state index in [4.69, 9.17) is 9.05 Å². The van der Waals surface area contributed by atoms with E-state index >= 15 is 0 Å². The average Bonchev–Trinajstić information content (AvgIpc) is 3.32. The molecule has 4 heterocycles. The van der Waals surface area contributed by atoms with Crippen molar-refractivity contribution in [2.24, 2.45) is 0 Å². The van der Waals surface area contributed by atoms with E-state index in [9.17, 15) is 0 Å². The minimum atomic E-state index is 0.103. The third-order valence-electron chi connectivity index (χ3n) is 4.40. The van der Waals surface area contributed by atoms with E-state index in [1.54, 1.807) is 6.20 Å². The Morgan fingerprint density at radius 3 is 2.92 bits per heavy atom. The first-order valence-corrected chi connectivity index (χ1v) is 8.64. The predicted octanol–water partition coefficient (Wildman–Crippen LogP) is 2.80. The van der Waals surface area contributed by atoms with Gasteiger partial charge in [0.15, 0.2) is 5.82 Å². The lowest BCUT2D eigenvalue weighted by atomic mass is 10.0. The van der Waals surface area contributed by atoms with Crippen molar-refractivity contribution in [3.05, 3.63) is 42.0 Å². The summed E-state index contributed by atoms with van der Waals surface area (Å²) in [5, 5.41) is 8.06. The highest BCUT2D eigenvalue weighted by molar-refractivity contribution is 5.46. The quantitative estimate of drug-likeness (QED) is 0.700. The van der Waals surface area contributed by atoms with Crippen LogP contribution in [0.4, 0.5) is 0 Å². The fourth-order valence-corrected chi connectivity index (χ4v) is 3.10. The third-order valence-corrected chi connectivity index (χ3v) is 4.40. The van der Waals surface area contributed by atoms with Crippen LogP contribution in [0.5, 0.6) is 0 Å². The molecule has 0 N–H and O–H groups in total. The van der Waals surface area contributed by atoms with E-state index in [-0.39, 0.29) is 6.04 Å². The topological polar surface area (TPSA) is 94.0 Å². The van der Waals surface area contributed by atoms with Crippen LogP contribution in [0, 0.1) is 0 Å². The van der Waals surface area contributed by atoms with Gasteiger partial charge in [0, 0.05) is 12.6 Å². The molecule has 0 radical (unpaired) electrons. The lowest BCUT2D eigenvalue weighted by Crippen LogP contribution is -2.33. The van der Waals surface area contributed by atoms with Crippen molar-refractivity contribution in [1.29, 1.82) is 0 Å². The van der Waals surface area contributed by atoms with Crippen molar-refractivity contribution in [3.63, 3.8) is 0 Å². The summed E-state index contributed by atoms with van der Waals surface area (Å²) in [5.41, 5.74) is 0.706. The number of pyridine rings is 1. The van der Waals surface area contributed by atoms with Crippen LogP contribution >= 0.6 is 0 Å². The molecule has 3 aromatic rings. The molecule has 1 aliphatic rings. The summed E-state index contributed by atoms with van der Waals surface area (Å²) in [6, 6.07) is 5.73. The summed E-state index contributed by atoms with van der Waals surface area (Å²) >= 11 is 0. The molecule has 25 heavy (non-hydrogen) atoms. The number of rotatable bonds is 5. The fourth-order valence-electron chi connectivity index (χ4n) is 3.10. The Kier molecular flexibility index (Phi) is 4.51. The Bertz CT molecular complexity index is 815. The van der Waals surface area contributed by atoms with Gasteiger partial charge in [-0.3, -0.25) is 9.88 Å². The van der Waals surface area contributed by atoms with E-state index in [1.165, 1.54) is 0 Å². The SMILES string of the molecule is CCc1noc([C@H]2CCCCN2Cc2nc(-c3ccccn3)no2)n1. The molecule has 130 valence electrons. The van der Waals surface area contributed by atoms with Crippen LogP contribution in [0.25, 0.3) is 11.5 Å². The number of hydrogen-bond acceptors (Lipinski definition) is 8. The summed E-state index contributed by atoms with van der Waals surface area (Å²) < 4.78 is 10.9. The summed E-state index contributed by atoms with van der Waals surface area (Å²) in [5.74, 6) is 2.51. The maximum Gasteiger partial charge on any atom is 0.244 e. The molecule has 0 amide bonds. The van der Waals surface area contributed by atoms with Gasteiger partial charge in [-0.2, -0.15) is 9.97 Å². The van der Waals surface area contributed by atoms with Crippen molar-refractivity contribution in [2.75, 3.05) is 6.54 Å². The van der Waals surface area contributed by atoms with E-state index in [1.807, 2.05) is 25.1 Å². The first-order chi connectivity index (χ1) is 12.3. The van der Waals surface area contributed by atoms with Crippen LogP contribution in [-0.2, 0) is 13.0 Å². The van der Waals surface area contributed by atoms with Gasteiger partial charge in [0.05, 0.1) is 12.6 Å². The Balaban J connectivity index is 1.51. The van der Waals surface area contributed by atoms with E-state index in [0.717, 1.165) is 38.1 Å². The van der Waals surface area contributed by atoms with Crippen LogP contribution in [0.15, 0.2) is 33.4 Å². The molecular weight excluding hydrogens is 320 g/mol. The number of aryl methyl sites for hydroxylation is 1. The molecule has 0 spiro atoms. The van der Waals surface area contributed by atoms with E-state index in [0.29, 0.717) is 29.8 Å². The monoisotopic (exact) mass is 340 g/mol. The minimum absolute atomic E-state index is 0.103. The number of piperidine rings is 1. The Morgan fingerprint density at radius 2 is 2.12 bits per heavy atom. The number of nitrogens with zero attached hydrogens (tertiary/aromatic N) is 6. The smallest absolute Gasteiger partial charge is 0.244 e. The fraction of sp³-hybridized carbons (Fsp3) is 0.471. The van der Waals surface area contributed by atoms with Gasteiger partial charge in [-0.25, -0.2) is 0 Å². The second kappa shape index (κ2) is 7.10. The van der Waals surface area contributed by atoms with Crippen molar-refractivity contribution < 1.29 is 9.05 Å². The van der Waals surface area contributed by atoms with Crippen LogP contribution in [-0.4, -0.2) is 36.7 Å². The molecule has 0 bridgehead atoms. The molecular formula is C17H20N6O2. The Labute approximate surface area is 145 Å². The molecule has 1 saturated heterocycles. The molecule has 8 nitrogen and oxygen atoms in total. The largest absolute Gasteiger partial charge is 0.338 e. The lowest BCUT2D eigenvalue weighted by Gasteiger charge is -2.31. The highest BCUT2D eigenvalue weighted by atomic mass is 16.5. The molecule has 8 heteroatoms. The summed E-state index contributed by atoms with van der Waals surface area (Å²) in [6.07, 6.45) is 5.76. The van der Waals surface area contributed by atoms with Crippen molar-refractivity contribution in [2.45, 2.75) is 45.2 Å². The molecule has 1 fully saturated rings. The van der Waals surface area contributed by atoms with Crippen molar-refractivity contribution in [3.8, 4) is 11.5 Å². The maximum absolute atomic E-state index is 5.46. The van der Waals surface area contributed by atoms with Crippen LogP contribution < -0.4 is 0 Å². The second-order valence-electron chi connectivity index (χ2n) is 6.11. The minimum Gasteiger partial charge on any atom is -0.338 e. The Hall–Kier alpha value is -2.61. The van der Waals surface area contributed by atoms with E-state index in [2.05, 4.69) is 30.2 Å². The molecule has 1 aliphatic heterocycles. The first-order valence-electron chi connectivity index (χ1n) is 8.64. The van der Waals surface area contributed by atoms with Crippen LogP contribution in [0.3, 0.4) is 0 Å². The van der Waals surface area contributed by atoms with Crippen molar-refractivity contribution >= 4 is 0 Å². The summed E-state index contributed by atoms with van der Waals surface area (Å²) in [6.45, 7) is 3.52. The molecule has 4 rings (SSSR count). The van der Waals surface area contributed by atoms with Gasteiger partial charge in [0.1, 0.15) is 5.69 Å². The second-order valence-corrected chi connectivity index (χ2v) is 6.11. The molecule has 0 saturated carbocycles. The van der Waals surface area contributed by atoms with Gasteiger partial charge in [-0.15, -0.1) is 0 Å². The van der Waals surface area contributed by atoms with Gasteiger partial charge in [0.2, 0.25) is 17.6 Å². The zero-order valence-electron chi connectivity index (χ0n) is 14.1. The molecule has 1 atom stereocenters. The highest BCUT2D eigenvalue weighted by Crippen LogP contribution is 2.31. The number of hydrogen-bond donors (Lipinski definition) is 0. The van der Waals surface area contributed by atoms with Crippen LogP contribution in [0.1, 0.15) is 49.8 Å². The zero-order valence-corrected chi connectivity index (χ0v) is 14.1. The third kappa shape index (κ3) is 3.43. The molecule has 0 unspecified atom stereocenters. The zero-order chi connectivity index (χ0) is 17.1. The van der Waals surface area contributed by atoms with Gasteiger partial charge >= 0.3 is 0 Å². The standard InChI is InChI=1S/C17H20N6O2/c1-2-14-19-17(25-21-14)13-8-4-6-10-23(13)11-15-20-16(22-24-15)12-7-3-5-9-18-12/h3,5,7,9,13H,2,4,6,8,10-11H2,1H3/t13-/m1/s1. The van der Waals surface area contributed by atoms with E-state index < -0.39 is 0 Å². The first kappa shape index (κ1) is 15.9. The van der Waals surface area contributed by atoms with Gasteiger partial charge in [0.25, 0.3) is 0 Å². The number of likely N-dealkylation sites (tertiary alicyclic amines) is 1.